The highest BCUT2D eigenvalue weighted by molar-refractivity contribution is 5.81. The Labute approximate surface area is 155 Å². The summed E-state index contributed by atoms with van der Waals surface area (Å²) in [6, 6.07) is 4.17. The summed E-state index contributed by atoms with van der Waals surface area (Å²) in [6.45, 7) is 6.90. The van der Waals surface area contributed by atoms with E-state index in [-0.39, 0.29) is 17.4 Å². The van der Waals surface area contributed by atoms with Crippen LogP contribution in [0.1, 0.15) is 31.2 Å². The maximum Gasteiger partial charge on any atom is 0.251 e. The molecule has 0 aliphatic carbocycles. The average molecular weight is 359 g/mol. The second-order valence-corrected chi connectivity index (χ2v) is 7.95. The molecule has 3 saturated heterocycles. The quantitative estimate of drug-likeness (QED) is 0.822. The molecule has 3 aliphatic heterocycles. The Morgan fingerprint density at radius 3 is 2.73 bits per heavy atom. The third-order valence-electron chi connectivity index (χ3n) is 6.02. The van der Waals surface area contributed by atoms with Gasteiger partial charge in [-0.05, 0) is 43.4 Å². The second-order valence-electron chi connectivity index (χ2n) is 7.95. The Balaban J connectivity index is 1.36. The SMILES string of the molecule is O=C([C@@H]1CCCO1)N1CCC2(CC1)COCCN(Cc1ccncc1)C2. The summed E-state index contributed by atoms with van der Waals surface area (Å²) in [4.78, 5) is 21.2. The van der Waals surface area contributed by atoms with E-state index in [0.29, 0.717) is 0 Å². The molecule has 4 rings (SSSR count). The van der Waals surface area contributed by atoms with E-state index in [0.717, 1.165) is 78.2 Å². The molecule has 1 aromatic rings. The zero-order valence-corrected chi connectivity index (χ0v) is 15.4. The van der Waals surface area contributed by atoms with Crippen molar-refractivity contribution in [3.8, 4) is 0 Å². The fourth-order valence-corrected chi connectivity index (χ4v) is 4.44. The minimum absolute atomic E-state index is 0.164. The molecule has 0 unspecified atom stereocenters. The van der Waals surface area contributed by atoms with Crippen LogP contribution in [0.2, 0.25) is 0 Å². The molecular formula is C20H29N3O3. The van der Waals surface area contributed by atoms with Gasteiger partial charge in [-0.25, -0.2) is 0 Å². The van der Waals surface area contributed by atoms with E-state index in [2.05, 4.69) is 22.0 Å². The van der Waals surface area contributed by atoms with Gasteiger partial charge >= 0.3 is 0 Å². The standard InChI is InChI=1S/C20H29N3O3/c24-19(18-2-1-12-26-18)23-9-5-20(6-10-23)15-22(11-13-25-16-20)14-17-3-7-21-8-4-17/h3-4,7-8,18H,1-2,5-6,9-16H2/t18-/m0/s1. The van der Waals surface area contributed by atoms with Gasteiger partial charge in [0.05, 0.1) is 13.2 Å². The molecule has 142 valence electrons. The van der Waals surface area contributed by atoms with E-state index in [9.17, 15) is 4.79 Å². The smallest absolute Gasteiger partial charge is 0.251 e. The third kappa shape index (κ3) is 4.08. The fourth-order valence-electron chi connectivity index (χ4n) is 4.44. The van der Waals surface area contributed by atoms with Gasteiger partial charge in [0.25, 0.3) is 5.91 Å². The zero-order chi connectivity index (χ0) is 17.8. The first-order valence-electron chi connectivity index (χ1n) is 9.84. The van der Waals surface area contributed by atoms with Gasteiger partial charge in [0.1, 0.15) is 6.10 Å². The lowest BCUT2D eigenvalue weighted by Crippen LogP contribution is -2.50. The van der Waals surface area contributed by atoms with Crippen molar-refractivity contribution in [1.29, 1.82) is 0 Å². The van der Waals surface area contributed by atoms with Crippen LogP contribution in [0, 0.1) is 5.41 Å². The minimum Gasteiger partial charge on any atom is -0.379 e. The highest BCUT2D eigenvalue weighted by atomic mass is 16.5. The van der Waals surface area contributed by atoms with E-state index in [1.807, 2.05) is 17.3 Å². The second kappa shape index (κ2) is 8.03. The van der Waals surface area contributed by atoms with Gasteiger partial charge in [-0.15, -0.1) is 0 Å². The third-order valence-corrected chi connectivity index (χ3v) is 6.02. The van der Waals surface area contributed by atoms with Crippen LogP contribution < -0.4 is 0 Å². The Morgan fingerprint density at radius 1 is 1.19 bits per heavy atom. The van der Waals surface area contributed by atoms with Crippen molar-refractivity contribution in [2.24, 2.45) is 5.41 Å². The molecule has 1 amide bonds. The van der Waals surface area contributed by atoms with Crippen molar-refractivity contribution in [1.82, 2.24) is 14.8 Å². The summed E-state index contributed by atoms with van der Waals surface area (Å²) in [5, 5.41) is 0. The summed E-state index contributed by atoms with van der Waals surface area (Å²) < 4.78 is 11.5. The number of carbonyl (C=O) groups is 1. The number of likely N-dealkylation sites (tertiary alicyclic amines) is 1. The van der Waals surface area contributed by atoms with E-state index < -0.39 is 0 Å². The number of pyridine rings is 1. The van der Waals surface area contributed by atoms with Gasteiger partial charge in [-0.1, -0.05) is 0 Å². The minimum atomic E-state index is -0.197. The molecule has 4 heterocycles. The summed E-state index contributed by atoms with van der Waals surface area (Å²) >= 11 is 0. The summed E-state index contributed by atoms with van der Waals surface area (Å²) in [5.41, 5.74) is 1.46. The van der Waals surface area contributed by atoms with Crippen molar-refractivity contribution in [3.05, 3.63) is 30.1 Å². The molecule has 0 saturated carbocycles. The number of aromatic nitrogens is 1. The van der Waals surface area contributed by atoms with Crippen LogP contribution in [-0.4, -0.2) is 72.8 Å². The van der Waals surface area contributed by atoms with Crippen LogP contribution in [0.25, 0.3) is 0 Å². The molecule has 6 nitrogen and oxygen atoms in total. The Kier molecular flexibility index (Phi) is 5.52. The fraction of sp³-hybridized carbons (Fsp3) is 0.700. The number of nitrogens with zero attached hydrogens (tertiary/aromatic N) is 3. The topological polar surface area (TPSA) is 54.9 Å². The number of carbonyl (C=O) groups excluding carboxylic acids is 1. The Bertz CT molecular complexity index is 596. The maximum absolute atomic E-state index is 12.6. The first-order chi connectivity index (χ1) is 12.7. The highest BCUT2D eigenvalue weighted by Crippen LogP contribution is 2.35. The first-order valence-corrected chi connectivity index (χ1v) is 9.84. The molecule has 1 spiro atoms. The van der Waals surface area contributed by atoms with Gasteiger partial charge in [0.15, 0.2) is 0 Å². The molecule has 1 aromatic heterocycles. The molecule has 1 atom stereocenters. The monoisotopic (exact) mass is 359 g/mol. The Hall–Kier alpha value is -1.50. The van der Waals surface area contributed by atoms with E-state index in [1.54, 1.807) is 0 Å². The molecule has 0 aromatic carbocycles. The van der Waals surface area contributed by atoms with Crippen LogP contribution in [0.4, 0.5) is 0 Å². The lowest BCUT2D eigenvalue weighted by molar-refractivity contribution is -0.144. The predicted octanol–water partition coefficient (Wildman–Crippen LogP) is 1.70. The van der Waals surface area contributed by atoms with E-state index in [1.165, 1.54) is 5.56 Å². The zero-order valence-electron chi connectivity index (χ0n) is 15.4. The van der Waals surface area contributed by atoms with Crippen LogP contribution in [0.15, 0.2) is 24.5 Å². The van der Waals surface area contributed by atoms with Gasteiger partial charge in [-0.2, -0.15) is 0 Å². The predicted molar refractivity (Wildman–Crippen MR) is 97.6 cm³/mol. The van der Waals surface area contributed by atoms with Crippen molar-refractivity contribution in [3.63, 3.8) is 0 Å². The number of hydrogen-bond donors (Lipinski definition) is 0. The molecule has 6 heteroatoms. The van der Waals surface area contributed by atoms with Crippen molar-refractivity contribution >= 4 is 5.91 Å². The molecule has 0 N–H and O–H groups in total. The number of piperidine rings is 1. The summed E-state index contributed by atoms with van der Waals surface area (Å²) in [7, 11) is 0. The lowest BCUT2D eigenvalue weighted by Gasteiger charge is -2.43. The van der Waals surface area contributed by atoms with Crippen LogP contribution >= 0.6 is 0 Å². The van der Waals surface area contributed by atoms with E-state index in [4.69, 9.17) is 9.47 Å². The molecule has 3 aliphatic rings. The largest absolute Gasteiger partial charge is 0.379 e. The summed E-state index contributed by atoms with van der Waals surface area (Å²) in [6.07, 6.45) is 7.42. The normalized spacial score (nSPS) is 26.8. The lowest BCUT2D eigenvalue weighted by atomic mass is 9.78. The molecule has 26 heavy (non-hydrogen) atoms. The van der Waals surface area contributed by atoms with Crippen molar-refractivity contribution in [2.75, 3.05) is 46.0 Å². The van der Waals surface area contributed by atoms with Crippen LogP contribution in [-0.2, 0) is 20.8 Å². The van der Waals surface area contributed by atoms with Crippen molar-refractivity contribution < 1.29 is 14.3 Å². The van der Waals surface area contributed by atoms with Crippen molar-refractivity contribution in [2.45, 2.75) is 38.3 Å². The molecule has 0 radical (unpaired) electrons. The highest BCUT2D eigenvalue weighted by Gasteiger charge is 2.40. The number of rotatable bonds is 3. The van der Waals surface area contributed by atoms with Crippen LogP contribution in [0.5, 0.6) is 0 Å². The maximum atomic E-state index is 12.6. The average Bonchev–Trinajstić information content (AvgIpc) is 3.14. The molecular weight excluding hydrogens is 330 g/mol. The van der Waals surface area contributed by atoms with Crippen LogP contribution in [0.3, 0.4) is 0 Å². The van der Waals surface area contributed by atoms with E-state index >= 15 is 0 Å². The number of hydrogen-bond acceptors (Lipinski definition) is 5. The molecule has 0 bridgehead atoms. The van der Waals surface area contributed by atoms with Gasteiger partial charge in [-0.3, -0.25) is 14.7 Å². The number of amides is 1. The molecule has 3 fully saturated rings. The first kappa shape index (κ1) is 17.9. The van der Waals surface area contributed by atoms with Gasteiger partial charge in [0.2, 0.25) is 0 Å². The van der Waals surface area contributed by atoms with Gasteiger partial charge < -0.3 is 14.4 Å². The van der Waals surface area contributed by atoms with Gasteiger partial charge in [0, 0.05) is 57.1 Å². The summed E-state index contributed by atoms with van der Waals surface area (Å²) in [5.74, 6) is 0.195. The Morgan fingerprint density at radius 2 is 2.00 bits per heavy atom. The number of ether oxygens (including phenoxy) is 2.